The molecule has 0 fully saturated rings. The SMILES string of the molecule is COc1cc(C(N)c2cnccn2)cc(OC)c1OC. The van der Waals surface area contributed by atoms with Crippen LogP contribution in [0.15, 0.2) is 30.7 Å². The molecule has 1 atom stereocenters. The van der Waals surface area contributed by atoms with Gasteiger partial charge in [-0.3, -0.25) is 9.97 Å². The summed E-state index contributed by atoms with van der Waals surface area (Å²) in [6.07, 6.45) is 4.84. The molecule has 0 saturated heterocycles. The van der Waals surface area contributed by atoms with E-state index >= 15 is 0 Å². The van der Waals surface area contributed by atoms with Crippen LogP contribution in [0.25, 0.3) is 0 Å². The number of methoxy groups -OCH3 is 3. The summed E-state index contributed by atoms with van der Waals surface area (Å²) in [5.41, 5.74) is 7.67. The van der Waals surface area contributed by atoms with Crippen molar-refractivity contribution in [3.8, 4) is 17.2 Å². The van der Waals surface area contributed by atoms with Gasteiger partial charge in [-0.05, 0) is 17.7 Å². The Balaban J connectivity index is 2.47. The fourth-order valence-electron chi connectivity index (χ4n) is 1.92. The van der Waals surface area contributed by atoms with Crippen molar-refractivity contribution in [1.29, 1.82) is 0 Å². The van der Waals surface area contributed by atoms with E-state index in [4.69, 9.17) is 19.9 Å². The van der Waals surface area contributed by atoms with Gasteiger partial charge in [0.15, 0.2) is 11.5 Å². The van der Waals surface area contributed by atoms with E-state index in [2.05, 4.69) is 9.97 Å². The minimum absolute atomic E-state index is 0.419. The molecule has 0 aliphatic carbocycles. The van der Waals surface area contributed by atoms with E-state index < -0.39 is 6.04 Å². The Labute approximate surface area is 117 Å². The van der Waals surface area contributed by atoms with Gasteiger partial charge in [-0.25, -0.2) is 0 Å². The number of nitrogens with two attached hydrogens (primary N) is 1. The highest BCUT2D eigenvalue weighted by Gasteiger charge is 2.18. The maximum Gasteiger partial charge on any atom is 0.203 e. The number of ether oxygens (including phenoxy) is 3. The lowest BCUT2D eigenvalue weighted by Gasteiger charge is -2.17. The average molecular weight is 275 g/mol. The highest BCUT2D eigenvalue weighted by atomic mass is 16.5. The van der Waals surface area contributed by atoms with Gasteiger partial charge >= 0.3 is 0 Å². The molecule has 0 aliphatic heterocycles. The highest BCUT2D eigenvalue weighted by molar-refractivity contribution is 5.55. The number of nitrogens with zero attached hydrogens (tertiary/aromatic N) is 2. The molecular weight excluding hydrogens is 258 g/mol. The van der Waals surface area contributed by atoms with Gasteiger partial charge in [-0.15, -0.1) is 0 Å². The zero-order chi connectivity index (χ0) is 14.5. The molecule has 0 saturated carbocycles. The lowest BCUT2D eigenvalue weighted by atomic mass is 10.0. The molecule has 0 bridgehead atoms. The maximum absolute atomic E-state index is 6.20. The predicted molar refractivity (Wildman–Crippen MR) is 74.2 cm³/mol. The van der Waals surface area contributed by atoms with E-state index in [1.54, 1.807) is 52.1 Å². The lowest BCUT2D eigenvalue weighted by molar-refractivity contribution is 0.323. The van der Waals surface area contributed by atoms with Crippen LogP contribution >= 0.6 is 0 Å². The smallest absolute Gasteiger partial charge is 0.203 e. The zero-order valence-electron chi connectivity index (χ0n) is 11.7. The van der Waals surface area contributed by atoms with Gasteiger partial charge in [-0.2, -0.15) is 0 Å². The van der Waals surface area contributed by atoms with Crippen molar-refractivity contribution >= 4 is 0 Å². The van der Waals surface area contributed by atoms with E-state index in [9.17, 15) is 0 Å². The fourth-order valence-corrected chi connectivity index (χ4v) is 1.92. The number of aromatic nitrogens is 2. The first-order valence-electron chi connectivity index (χ1n) is 6.02. The van der Waals surface area contributed by atoms with E-state index in [1.807, 2.05) is 0 Å². The first-order valence-corrected chi connectivity index (χ1v) is 6.02. The summed E-state index contributed by atoms with van der Waals surface area (Å²) in [7, 11) is 4.69. The van der Waals surface area contributed by atoms with Crippen LogP contribution in [0, 0.1) is 0 Å². The molecule has 0 radical (unpaired) electrons. The number of rotatable bonds is 5. The molecule has 2 N–H and O–H groups in total. The lowest BCUT2D eigenvalue weighted by Crippen LogP contribution is -2.14. The first-order chi connectivity index (χ1) is 9.71. The third-order valence-corrected chi connectivity index (χ3v) is 2.95. The monoisotopic (exact) mass is 275 g/mol. The van der Waals surface area contributed by atoms with Gasteiger partial charge in [0, 0.05) is 12.4 Å². The van der Waals surface area contributed by atoms with Crippen LogP contribution in [0.5, 0.6) is 17.2 Å². The van der Waals surface area contributed by atoms with Gasteiger partial charge in [-0.1, -0.05) is 0 Å². The van der Waals surface area contributed by atoms with Crippen LogP contribution in [0.3, 0.4) is 0 Å². The molecule has 6 nitrogen and oxygen atoms in total. The molecule has 2 rings (SSSR count). The molecule has 0 aliphatic rings. The van der Waals surface area contributed by atoms with Crippen molar-refractivity contribution in [3.63, 3.8) is 0 Å². The summed E-state index contributed by atoms with van der Waals surface area (Å²) >= 11 is 0. The topological polar surface area (TPSA) is 79.5 Å². The summed E-state index contributed by atoms with van der Waals surface area (Å²) in [5.74, 6) is 1.65. The van der Waals surface area contributed by atoms with E-state index in [0.29, 0.717) is 22.9 Å². The highest BCUT2D eigenvalue weighted by Crippen LogP contribution is 2.39. The molecular formula is C14H17N3O3. The van der Waals surface area contributed by atoms with E-state index in [0.717, 1.165) is 5.56 Å². The van der Waals surface area contributed by atoms with Crippen molar-refractivity contribution in [2.24, 2.45) is 5.73 Å². The van der Waals surface area contributed by atoms with Gasteiger partial charge < -0.3 is 19.9 Å². The summed E-state index contributed by atoms with van der Waals surface area (Å²) < 4.78 is 15.9. The molecule has 0 spiro atoms. The Morgan fingerprint density at radius 2 is 1.65 bits per heavy atom. The Kier molecular flexibility index (Phi) is 4.37. The van der Waals surface area contributed by atoms with Gasteiger partial charge in [0.1, 0.15) is 0 Å². The zero-order valence-corrected chi connectivity index (χ0v) is 11.7. The normalized spacial score (nSPS) is 11.8. The standard InChI is InChI=1S/C14H17N3O3/c1-18-11-6-9(7-12(19-2)14(11)20-3)13(15)10-8-16-4-5-17-10/h4-8,13H,15H2,1-3H3. The summed E-state index contributed by atoms with van der Waals surface area (Å²) in [6, 6.07) is 3.19. The van der Waals surface area contributed by atoms with Crippen molar-refractivity contribution < 1.29 is 14.2 Å². The summed E-state index contributed by atoms with van der Waals surface area (Å²) in [6.45, 7) is 0. The second kappa shape index (κ2) is 6.21. The number of hydrogen-bond acceptors (Lipinski definition) is 6. The quantitative estimate of drug-likeness (QED) is 0.891. The second-order valence-corrected chi connectivity index (χ2v) is 4.07. The second-order valence-electron chi connectivity index (χ2n) is 4.07. The van der Waals surface area contributed by atoms with Crippen LogP contribution < -0.4 is 19.9 Å². The Morgan fingerprint density at radius 1 is 1.00 bits per heavy atom. The van der Waals surface area contributed by atoms with Crippen LogP contribution in [0.4, 0.5) is 0 Å². The van der Waals surface area contributed by atoms with Crippen LogP contribution in [0.2, 0.25) is 0 Å². The van der Waals surface area contributed by atoms with E-state index in [-0.39, 0.29) is 0 Å². The van der Waals surface area contributed by atoms with Crippen LogP contribution in [-0.4, -0.2) is 31.3 Å². The Hall–Kier alpha value is -2.34. The maximum atomic E-state index is 6.20. The number of hydrogen-bond donors (Lipinski definition) is 1. The molecule has 6 heteroatoms. The van der Waals surface area contributed by atoms with Crippen molar-refractivity contribution in [3.05, 3.63) is 42.0 Å². The molecule has 106 valence electrons. The Bertz CT molecular complexity index is 550. The molecule has 1 heterocycles. The van der Waals surface area contributed by atoms with Gasteiger partial charge in [0.2, 0.25) is 5.75 Å². The minimum atomic E-state index is -0.419. The summed E-state index contributed by atoms with van der Waals surface area (Å²) in [5, 5.41) is 0. The fraction of sp³-hybridized carbons (Fsp3) is 0.286. The van der Waals surface area contributed by atoms with Crippen LogP contribution in [-0.2, 0) is 0 Å². The van der Waals surface area contributed by atoms with Gasteiger partial charge in [0.05, 0.1) is 39.3 Å². The van der Waals surface area contributed by atoms with E-state index in [1.165, 1.54) is 0 Å². The van der Waals surface area contributed by atoms with Crippen molar-refractivity contribution in [1.82, 2.24) is 9.97 Å². The molecule has 20 heavy (non-hydrogen) atoms. The predicted octanol–water partition coefficient (Wildman–Crippen LogP) is 1.55. The Morgan fingerprint density at radius 3 is 2.10 bits per heavy atom. The average Bonchev–Trinajstić information content (AvgIpc) is 2.53. The summed E-state index contributed by atoms with van der Waals surface area (Å²) in [4.78, 5) is 8.23. The van der Waals surface area contributed by atoms with Gasteiger partial charge in [0.25, 0.3) is 0 Å². The minimum Gasteiger partial charge on any atom is -0.493 e. The third kappa shape index (κ3) is 2.65. The van der Waals surface area contributed by atoms with Crippen molar-refractivity contribution in [2.75, 3.05) is 21.3 Å². The molecule has 2 aromatic rings. The van der Waals surface area contributed by atoms with Crippen LogP contribution in [0.1, 0.15) is 17.3 Å². The molecule has 1 aromatic heterocycles. The third-order valence-electron chi connectivity index (χ3n) is 2.95. The number of benzene rings is 1. The van der Waals surface area contributed by atoms with Crippen molar-refractivity contribution in [2.45, 2.75) is 6.04 Å². The molecule has 0 amide bonds. The first kappa shape index (κ1) is 14.1. The molecule has 1 aromatic carbocycles. The largest absolute Gasteiger partial charge is 0.493 e. The molecule has 1 unspecified atom stereocenters.